The second-order valence-electron chi connectivity index (χ2n) is 10.1. The number of piperazine rings is 1. The molecule has 1 aromatic rings. The molecule has 1 aromatic carbocycles. The SMILES string of the molecule is CC(C)(C)N1CC2CCC(C1)N2c1ccc2c(c1)CN(C1CCC(=O)NC1=O)C2=O. The standard InChI is InChI=1S/C23H30N4O3/c1-23(2,3)25-12-16-4-5-17(13-25)27(16)15-6-7-18-14(10-15)11-26(22(18)30)19-8-9-20(28)24-21(19)29/h6-7,10,16-17,19H,4-5,8-9,11-13H2,1-3H3,(H,24,28,29). The van der Waals surface area contributed by atoms with Crippen LogP contribution in [0.1, 0.15) is 62.4 Å². The van der Waals surface area contributed by atoms with Gasteiger partial charge in [-0.3, -0.25) is 24.6 Å². The van der Waals surface area contributed by atoms with E-state index in [2.05, 4.69) is 48.0 Å². The quantitative estimate of drug-likeness (QED) is 0.754. The summed E-state index contributed by atoms with van der Waals surface area (Å²) in [6.45, 7) is 9.43. The Balaban J connectivity index is 1.37. The van der Waals surface area contributed by atoms with E-state index in [0.717, 1.165) is 18.7 Å². The van der Waals surface area contributed by atoms with Crippen LogP contribution in [0.4, 0.5) is 5.69 Å². The Hall–Kier alpha value is -2.41. The van der Waals surface area contributed by atoms with Gasteiger partial charge < -0.3 is 9.80 Å². The number of carbonyl (C=O) groups excluding carboxylic acids is 3. The zero-order valence-corrected chi connectivity index (χ0v) is 18.0. The van der Waals surface area contributed by atoms with Gasteiger partial charge in [-0.05, 0) is 63.8 Å². The van der Waals surface area contributed by atoms with Gasteiger partial charge in [-0.1, -0.05) is 0 Å². The fourth-order valence-corrected chi connectivity index (χ4v) is 5.59. The van der Waals surface area contributed by atoms with E-state index in [9.17, 15) is 14.4 Å². The van der Waals surface area contributed by atoms with Gasteiger partial charge in [0.05, 0.1) is 0 Å². The number of hydrogen-bond donors (Lipinski definition) is 1. The Bertz CT molecular complexity index is 908. The molecule has 0 aromatic heterocycles. The van der Waals surface area contributed by atoms with Crippen molar-refractivity contribution in [1.82, 2.24) is 15.1 Å². The van der Waals surface area contributed by atoms with Gasteiger partial charge in [0.15, 0.2) is 0 Å². The van der Waals surface area contributed by atoms with Gasteiger partial charge in [-0.2, -0.15) is 0 Å². The van der Waals surface area contributed by atoms with Crippen molar-refractivity contribution in [3.63, 3.8) is 0 Å². The van der Waals surface area contributed by atoms with Gasteiger partial charge in [0.2, 0.25) is 11.8 Å². The van der Waals surface area contributed by atoms with Crippen molar-refractivity contribution in [2.45, 2.75) is 76.7 Å². The van der Waals surface area contributed by atoms with Gasteiger partial charge in [0.25, 0.3) is 5.91 Å². The van der Waals surface area contributed by atoms with Crippen molar-refractivity contribution in [3.8, 4) is 0 Å². The number of rotatable bonds is 2. The van der Waals surface area contributed by atoms with E-state index < -0.39 is 6.04 Å². The molecule has 2 bridgehead atoms. The van der Waals surface area contributed by atoms with Crippen LogP contribution in [-0.2, 0) is 16.1 Å². The number of imide groups is 1. The van der Waals surface area contributed by atoms with E-state index in [1.165, 1.54) is 18.5 Å². The normalized spacial score (nSPS) is 29.4. The van der Waals surface area contributed by atoms with Gasteiger partial charge in [0.1, 0.15) is 6.04 Å². The highest BCUT2D eigenvalue weighted by atomic mass is 16.2. The lowest BCUT2D eigenvalue weighted by Gasteiger charge is -2.47. The lowest BCUT2D eigenvalue weighted by atomic mass is 10.0. The van der Waals surface area contributed by atoms with Crippen LogP contribution in [-0.4, -0.2) is 64.3 Å². The van der Waals surface area contributed by atoms with Crippen molar-refractivity contribution < 1.29 is 14.4 Å². The topological polar surface area (TPSA) is 73.0 Å². The van der Waals surface area contributed by atoms with Gasteiger partial charge in [-0.15, -0.1) is 0 Å². The Morgan fingerprint density at radius 2 is 1.70 bits per heavy atom. The summed E-state index contributed by atoms with van der Waals surface area (Å²) in [5.41, 5.74) is 3.04. The first-order valence-electron chi connectivity index (χ1n) is 11.0. The van der Waals surface area contributed by atoms with Crippen LogP contribution >= 0.6 is 0 Å². The van der Waals surface area contributed by atoms with Crippen LogP contribution < -0.4 is 10.2 Å². The molecule has 1 N–H and O–H groups in total. The molecular weight excluding hydrogens is 380 g/mol. The predicted molar refractivity (Wildman–Crippen MR) is 113 cm³/mol. The summed E-state index contributed by atoms with van der Waals surface area (Å²) in [5, 5.41) is 2.37. The second-order valence-corrected chi connectivity index (χ2v) is 10.1. The molecule has 160 valence electrons. The average molecular weight is 411 g/mol. The van der Waals surface area contributed by atoms with Crippen LogP contribution in [0.15, 0.2) is 18.2 Å². The molecule has 4 aliphatic rings. The summed E-state index contributed by atoms with van der Waals surface area (Å²) in [6.07, 6.45) is 3.09. The minimum absolute atomic E-state index is 0.105. The fraction of sp³-hybridized carbons (Fsp3) is 0.609. The highest BCUT2D eigenvalue weighted by molar-refractivity contribution is 6.05. The molecule has 30 heavy (non-hydrogen) atoms. The number of fused-ring (bicyclic) bond motifs is 3. The van der Waals surface area contributed by atoms with Crippen molar-refractivity contribution >= 4 is 23.4 Å². The van der Waals surface area contributed by atoms with Gasteiger partial charge in [0, 0.05) is 54.9 Å². The maximum absolute atomic E-state index is 12.9. The summed E-state index contributed by atoms with van der Waals surface area (Å²) in [5.74, 6) is -0.719. The number of nitrogens with one attached hydrogen (secondary N) is 1. The predicted octanol–water partition coefficient (Wildman–Crippen LogP) is 1.90. The minimum atomic E-state index is -0.558. The second kappa shape index (κ2) is 6.80. The zero-order valence-electron chi connectivity index (χ0n) is 18.0. The molecule has 3 atom stereocenters. The van der Waals surface area contributed by atoms with Gasteiger partial charge in [-0.25, -0.2) is 0 Å². The monoisotopic (exact) mass is 410 g/mol. The van der Waals surface area contributed by atoms with E-state index >= 15 is 0 Å². The Labute approximate surface area is 177 Å². The van der Waals surface area contributed by atoms with Crippen LogP contribution in [0.25, 0.3) is 0 Å². The number of anilines is 1. The Morgan fingerprint density at radius 1 is 1.00 bits per heavy atom. The van der Waals surface area contributed by atoms with Crippen LogP contribution in [0.2, 0.25) is 0 Å². The molecule has 7 heteroatoms. The van der Waals surface area contributed by atoms with Crippen molar-refractivity contribution in [2.24, 2.45) is 0 Å². The summed E-state index contributed by atoms with van der Waals surface area (Å²) < 4.78 is 0. The van der Waals surface area contributed by atoms with E-state index in [4.69, 9.17) is 0 Å². The first-order chi connectivity index (χ1) is 14.2. The van der Waals surface area contributed by atoms with E-state index in [-0.39, 0.29) is 29.7 Å². The molecule has 3 amide bonds. The number of amides is 3. The summed E-state index contributed by atoms with van der Waals surface area (Å²) in [7, 11) is 0. The average Bonchev–Trinajstić information content (AvgIpc) is 3.13. The zero-order chi connectivity index (χ0) is 21.2. The Kier molecular flexibility index (Phi) is 4.43. The summed E-state index contributed by atoms with van der Waals surface area (Å²) in [4.78, 5) is 43.5. The number of piperidine rings is 1. The summed E-state index contributed by atoms with van der Waals surface area (Å²) >= 11 is 0. The molecule has 4 aliphatic heterocycles. The smallest absolute Gasteiger partial charge is 0.255 e. The third-order valence-corrected chi connectivity index (χ3v) is 7.24. The van der Waals surface area contributed by atoms with E-state index in [1.807, 2.05) is 6.07 Å². The van der Waals surface area contributed by atoms with Crippen molar-refractivity contribution in [1.29, 1.82) is 0 Å². The van der Waals surface area contributed by atoms with Crippen LogP contribution in [0.3, 0.4) is 0 Å². The van der Waals surface area contributed by atoms with Crippen molar-refractivity contribution in [3.05, 3.63) is 29.3 Å². The highest BCUT2D eigenvalue weighted by Gasteiger charge is 2.44. The molecule has 5 rings (SSSR count). The first kappa shape index (κ1) is 19.5. The first-order valence-corrected chi connectivity index (χ1v) is 11.0. The summed E-state index contributed by atoms with van der Waals surface area (Å²) in [6, 6.07) is 6.60. The number of benzene rings is 1. The number of likely N-dealkylation sites (tertiary alicyclic amines) is 1. The molecule has 0 saturated carbocycles. The molecule has 3 saturated heterocycles. The van der Waals surface area contributed by atoms with Crippen LogP contribution in [0.5, 0.6) is 0 Å². The lowest BCUT2D eigenvalue weighted by molar-refractivity contribution is -0.136. The molecule has 0 radical (unpaired) electrons. The maximum Gasteiger partial charge on any atom is 0.255 e. The molecule has 4 heterocycles. The fourth-order valence-electron chi connectivity index (χ4n) is 5.59. The largest absolute Gasteiger partial charge is 0.363 e. The molecule has 3 fully saturated rings. The van der Waals surface area contributed by atoms with Crippen LogP contribution in [0, 0.1) is 0 Å². The number of nitrogens with zero attached hydrogens (tertiary/aromatic N) is 3. The van der Waals surface area contributed by atoms with E-state index in [1.54, 1.807) is 4.90 Å². The number of hydrogen-bond acceptors (Lipinski definition) is 5. The maximum atomic E-state index is 12.9. The minimum Gasteiger partial charge on any atom is -0.363 e. The molecule has 0 aliphatic carbocycles. The number of carbonyl (C=O) groups is 3. The molecule has 0 spiro atoms. The third kappa shape index (κ3) is 3.11. The third-order valence-electron chi connectivity index (χ3n) is 7.24. The molecule has 3 unspecified atom stereocenters. The van der Waals surface area contributed by atoms with E-state index in [0.29, 0.717) is 30.6 Å². The molecule has 7 nitrogen and oxygen atoms in total. The Morgan fingerprint density at radius 3 is 2.33 bits per heavy atom. The van der Waals surface area contributed by atoms with Crippen molar-refractivity contribution in [2.75, 3.05) is 18.0 Å². The molecular formula is C23H30N4O3. The van der Waals surface area contributed by atoms with Gasteiger partial charge >= 0.3 is 0 Å². The highest BCUT2D eigenvalue weighted by Crippen LogP contribution is 2.39. The lowest BCUT2D eigenvalue weighted by Crippen LogP contribution is -2.58.